The van der Waals surface area contributed by atoms with E-state index in [1.165, 1.54) is 6.21 Å². The van der Waals surface area contributed by atoms with Crippen LogP contribution in [0.1, 0.15) is 30.9 Å². The topological polar surface area (TPSA) is 118 Å². The lowest BCUT2D eigenvalue weighted by Gasteiger charge is -2.10. The normalized spacial score (nSPS) is 15.2. The second kappa shape index (κ2) is 12.4. The number of hydrogen-bond acceptors (Lipinski definition) is 6. The number of carbonyl (C=O) groups excluding carboxylic acids is 3. The summed E-state index contributed by atoms with van der Waals surface area (Å²) in [5, 5.41) is 9.16. The molecule has 1 aliphatic rings. The second-order valence-electron chi connectivity index (χ2n) is 7.46. The molecule has 0 bridgehead atoms. The first-order valence-electron chi connectivity index (χ1n) is 10.9. The highest BCUT2D eigenvalue weighted by atomic mass is 16.5. The summed E-state index contributed by atoms with van der Waals surface area (Å²) in [5.74, 6) is -1.34. The van der Waals surface area contributed by atoms with E-state index < -0.39 is 11.8 Å². The SMILES string of the molecule is CCc1ccccc1NC(=O)COc1ccc(/C=N\NC(=O)C(=O)NC[C@H]2CCCO2)cc1. The average Bonchev–Trinajstić information content (AvgIpc) is 3.36. The molecular weight excluding hydrogens is 424 g/mol. The Balaban J connectivity index is 1.39. The summed E-state index contributed by atoms with van der Waals surface area (Å²) in [6.07, 6.45) is 4.02. The molecule has 1 fully saturated rings. The van der Waals surface area contributed by atoms with Gasteiger partial charge in [-0.25, -0.2) is 5.43 Å². The second-order valence-corrected chi connectivity index (χ2v) is 7.46. The third kappa shape index (κ3) is 7.73. The molecule has 3 amide bonds. The summed E-state index contributed by atoms with van der Waals surface area (Å²) in [4.78, 5) is 35.7. The first-order chi connectivity index (χ1) is 16.0. The Bertz CT molecular complexity index is 985. The van der Waals surface area contributed by atoms with Crippen molar-refractivity contribution in [2.45, 2.75) is 32.3 Å². The van der Waals surface area contributed by atoms with Gasteiger partial charge in [-0.2, -0.15) is 5.10 Å². The van der Waals surface area contributed by atoms with E-state index in [1.807, 2.05) is 31.2 Å². The van der Waals surface area contributed by atoms with E-state index in [9.17, 15) is 14.4 Å². The Morgan fingerprint density at radius 2 is 1.91 bits per heavy atom. The van der Waals surface area contributed by atoms with Crippen molar-refractivity contribution in [1.29, 1.82) is 0 Å². The third-order valence-electron chi connectivity index (χ3n) is 5.02. The van der Waals surface area contributed by atoms with E-state index in [1.54, 1.807) is 24.3 Å². The summed E-state index contributed by atoms with van der Waals surface area (Å²) in [7, 11) is 0. The predicted molar refractivity (Wildman–Crippen MR) is 124 cm³/mol. The average molecular weight is 453 g/mol. The van der Waals surface area contributed by atoms with E-state index in [0.717, 1.165) is 30.5 Å². The first kappa shape index (κ1) is 23.9. The molecule has 2 aromatic carbocycles. The summed E-state index contributed by atoms with van der Waals surface area (Å²) >= 11 is 0. The third-order valence-corrected chi connectivity index (χ3v) is 5.02. The lowest BCUT2D eigenvalue weighted by molar-refractivity contribution is -0.139. The Hall–Kier alpha value is -3.72. The van der Waals surface area contributed by atoms with Gasteiger partial charge in [-0.15, -0.1) is 0 Å². The molecule has 3 rings (SSSR count). The number of rotatable bonds is 9. The zero-order valence-corrected chi connectivity index (χ0v) is 18.5. The van der Waals surface area contributed by atoms with E-state index in [0.29, 0.717) is 24.5 Å². The van der Waals surface area contributed by atoms with Crippen molar-refractivity contribution in [1.82, 2.24) is 10.7 Å². The molecule has 0 unspecified atom stereocenters. The first-order valence-corrected chi connectivity index (χ1v) is 10.9. The van der Waals surface area contributed by atoms with Crippen molar-refractivity contribution in [3.8, 4) is 5.75 Å². The fraction of sp³-hybridized carbons (Fsp3) is 0.333. The Labute approximate surface area is 192 Å². The van der Waals surface area contributed by atoms with Gasteiger partial charge < -0.3 is 20.1 Å². The molecule has 33 heavy (non-hydrogen) atoms. The van der Waals surface area contributed by atoms with E-state index >= 15 is 0 Å². The quantitative estimate of drug-likeness (QED) is 0.306. The number of ether oxygens (including phenoxy) is 2. The number of anilines is 1. The number of benzene rings is 2. The van der Waals surface area contributed by atoms with Crippen molar-refractivity contribution in [3.05, 3.63) is 59.7 Å². The van der Waals surface area contributed by atoms with Gasteiger partial charge in [-0.1, -0.05) is 25.1 Å². The Morgan fingerprint density at radius 3 is 2.64 bits per heavy atom. The van der Waals surface area contributed by atoms with Crippen LogP contribution in [0.25, 0.3) is 0 Å². The van der Waals surface area contributed by atoms with Crippen molar-refractivity contribution < 1.29 is 23.9 Å². The van der Waals surface area contributed by atoms with Gasteiger partial charge in [0, 0.05) is 18.8 Å². The van der Waals surface area contributed by atoms with Crippen molar-refractivity contribution in [2.24, 2.45) is 5.10 Å². The molecule has 2 aromatic rings. The van der Waals surface area contributed by atoms with Gasteiger partial charge in [-0.05, 0) is 60.7 Å². The van der Waals surface area contributed by atoms with Crippen molar-refractivity contribution >= 4 is 29.6 Å². The van der Waals surface area contributed by atoms with Crippen LogP contribution in [0.2, 0.25) is 0 Å². The number of aryl methyl sites for hydroxylation is 1. The largest absolute Gasteiger partial charge is 0.484 e. The van der Waals surface area contributed by atoms with Crippen LogP contribution in [0.3, 0.4) is 0 Å². The Morgan fingerprint density at radius 1 is 1.12 bits per heavy atom. The molecular formula is C24H28N4O5. The maximum atomic E-state index is 12.2. The van der Waals surface area contributed by atoms with Gasteiger partial charge in [0.05, 0.1) is 12.3 Å². The lowest BCUT2D eigenvalue weighted by Crippen LogP contribution is -2.41. The number of carbonyl (C=O) groups is 3. The van der Waals surface area contributed by atoms with Gasteiger partial charge in [-0.3, -0.25) is 14.4 Å². The maximum Gasteiger partial charge on any atom is 0.329 e. The summed E-state index contributed by atoms with van der Waals surface area (Å²) < 4.78 is 10.9. The highest BCUT2D eigenvalue weighted by Crippen LogP contribution is 2.16. The molecule has 0 spiro atoms. The molecule has 9 nitrogen and oxygen atoms in total. The number of amides is 3. The number of nitrogens with zero attached hydrogens (tertiary/aromatic N) is 1. The number of para-hydroxylation sites is 1. The zero-order valence-electron chi connectivity index (χ0n) is 18.5. The number of hydrazone groups is 1. The molecule has 1 heterocycles. The lowest BCUT2D eigenvalue weighted by atomic mass is 10.1. The Kier molecular flexibility index (Phi) is 8.96. The van der Waals surface area contributed by atoms with Crippen LogP contribution in [0.15, 0.2) is 53.6 Å². The highest BCUT2D eigenvalue weighted by Gasteiger charge is 2.18. The molecule has 3 N–H and O–H groups in total. The molecule has 1 atom stereocenters. The van der Waals surface area contributed by atoms with Crippen LogP contribution >= 0.6 is 0 Å². The molecule has 174 valence electrons. The standard InChI is InChI=1S/C24H28N4O5/c1-2-18-6-3-4-8-21(18)27-22(29)16-33-19-11-9-17(10-12-19)14-26-28-24(31)23(30)25-15-20-7-5-13-32-20/h3-4,6,8-12,14,20H,2,5,7,13,15-16H2,1H3,(H,25,30)(H,27,29)(H,28,31)/b26-14-/t20-/m1/s1. The predicted octanol–water partition coefficient (Wildman–Crippen LogP) is 2.01. The van der Waals surface area contributed by atoms with E-state index in [2.05, 4.69) is 21.2 Å². The molecule has 0 aromatic heterocycles. The van der Waals surface area contributed by atoms with Crippen LogP contribution < -0.4 is 20.8 Å². The molecule has 0 saturated carbocycles. The van der Waals surface area contributed by atoms with Gasteiger partial charge in [0.15, 0.2) is 6.61 Å². The van der Waals surface area contributed by atoms with Gasteiger partial charge in [0.25, 0.3) is 5.91 Å². The van der Waals surface area contributed by atoms with Crippen molar-refractivity contribution in [3.63, 3.8) is 0 Å². The van der Waals surface area contributed by atoms with E-state index in [4.69, 9.17) is 9.47 Å². The number of hydrogen-bond donors (Lipinski definition) is 3. The minimum absolute atomic E-state index is 0.0378. The molecule has 0 aliphatic carbocycles. The summed E-state index contributed by atoms with van der Waals surface area (Å²) in [5.41, 5.74) is 4.71. The molecule has 0 radical (unpaired) electrons. The number of nitrogens with one attached hydrogen (secondary N) is 3. The molecule has 9 heteroatoms. The van der Waals surface area contributed by atoms with Crippen LogP contribution in [-0.4, -0.2) is 49.8 Å². The van der Waals surface area contributed by atoms with Crippen LogP contribution in [0, 0.1) is 0 Å². The highest BCUT2D eigenvalue weighted by molar-refractivity contribution is 6.35. The summed E-state index contributed by atoms with van der Waals surface area (Å²) in [6, 6.07) is 14.4. The molecule has 1 aliphatic heterocycles. The monoisotopic (exact) mass is 452 g/mol. The molecule has 1 saturated heterocycles. The summed E-state index contributed by atoms with van der Waals surface area (Å²) in [6.45, 7) is 2.89. The van der Waals surface area contributed by atoms with Gasteiger partial charge in [0.2, 0.25) is 0 Å². The minimum Gasteiger partial charge on any atom is -0.484 e. The smallest absolute Gasteiger partial charge is 0.329 e. The minimum atomic E-state index is -0.847. The van der Waals surface area contributed by atoms with E-state index in [-0.39, 0.29) is 18.6 Å². The maximum absolute atomic E-state index is 12.2. The van der Waals surface area contributed by atoms with Gasteiger partial charge in [0.1, 0.15) is 5.75 Å². The van der Waals surface area contributed by atoms with Crippen LogP contribution in [-0.2, 0) is 25.5 Å². The fourth-order valence-corrected chi connectivity index (χ4v) is 3.24. The van der Waals surface area contributed by atoms with Crippen LogP contribution in [0.5, 0.6) is 5.75 Å². The van der Waals surface area contributed by atoms with Gasteiger partial charge >= 0.3 is 11.8 Å². The van der Waals surface area contributed by atoms with Crippen molar-refractivity contribution in [2.75, 3.05) is 25.1 Å². The fourth-order valence-electron chi connectivity index (χ4n) is 3.24. The van der Waals surface area contributed by atoms with Crippen LogP contribution in [0.4, 0.5) is 5.69 Å². The zero-order chi connectivity index (χ0) is 23.5.